The van der Waals surface area contributed by atoms with E-state index in [0.717, 1.165) is 19.4 Å². The van der Waals surface area contributed by atoms with Crippen LogP contribution in [0.15, 0.2) is 24.3 Å². The van der Waals surface area contributed by atoms with Gasteiger partial charge in [-0.2, -0.15) is 5.26 Å². The summed E-state index contributed by atoms with van der Waals surface area (Å²) in [5.74, 6) is 0. The molecule has 1 aliphatic carbocycles. The summed E-state index contributed by atoms with van der Waals surface area (Å²) in [4.78, 5) is 2.27. The predicted octanol–water partition coefficient (Wildman–Crippen LogP) is 2.53. The minimum atomic E-state index is -0.860. The van der Waals surface area contributed by atoms with Gasteiger partial charge < -0.3 is 10.0 Å². The van der Waals surface area contributed by atoms with Crippen molar-refractivity contribution in [3.8, 4) is 6.07 Å². The van der Waals surface area contributed by atoms with Crippen molar-refractivity contribution < 1.29 is 5.11 Å². The number of nitriles is 1. The molecular formula is C18H24N2O. The van der Waals surface area contributed by atoms with Crippen molar-refractivity contribution >= 4 is 0 Å². The van der Waals surface area contributed by atoms with E-state index in [9.17, 15) is 10.4 Å². The summed E-state index contributed by atoms with van der Waals surface area (Å²) in [6, 6.07) is 11.2. The van der Waals surface area contributed by atoms with Crippen molar-refractivity contribution in [1.82, 2.24) is 4.90 Å². The van der Waals surface area contributed by atoms with Crippen LogP contribution in [0.5, 0.6) is 0 Å². The maximum absolute atomic E-state index is 11.3. The molecule has 1 fully saturated rings. The Labute approximate surface area is 127 Å². The molecule has 112 valence electrons. The first-order chi connectivity index (χ1) is 10.00. The Bertz CT molecular complexity index is 579. The molecule has 0 aromatic heterocycles. The highest BCUT2D eigenvalue weighted by molar-refractivity contribution is 5.35. The zero-order valence-electron chi connectivity index (χ0n) is 13.0. The van der Waals surface area contributed by atoms with E-state index in [1.54, 1.807) is 0 Å². The van der Waals surface area contributed by atoms with Gasteiger partial charge in [0.15, 0.2) is 0 Å². The Hall–Kier alpha value is -1.37. The highest BCUT2D eigenvalue weighted by atomic mass is 16.3. The molecule has 1 aromatic rings. The summed E-state index contributed by atoms with van der Waals surface area (Å²) in [5.41, 5.74) is 1.09. The zero-order chi connectivity index (χ0) is 15.1. The Morgan fingerprint density at radius 1 is 1.29 bits per heavy atom. The molecule has 3 rings (SSSR count). The normalized spacial score (nSPS) is 36.8. The van der Waals surface area contributed by atoms with Crippen molar-refractivity contribution in [2.75, 3.05) is 13.6 Å². The summed E-state index contributed by atoms with van der Waals surface area (Å²) in [6.07, 6.45) is 3.75. The summed E-state index contributed by atoms with van der Waals surface area (Å²) < 4.78 is 0. The van der Waals surface area contributed by atoms with Gasteiger partial charge in [0.1, 0.15) is 0 Å². The maximum atomic E-state index is 11.3. The first-order valence-electron chi connectivity index (χ1n) is 7.90. The number of aliphatic hydroxyl groups is 1. The van der Waals surface area contributed by atoms with E-state index in [1.165, 1.54) is 11.1 Å². The average molecular weight is 284 g/mol. The number of piperidine rings is 1. The molecule has 3 heteroatoms. The number of aryl methyl sites for hydroxylation is 1. The number of benzene rings is 1. The van der Waals surface area contributed by atoms with Crippen LogP contribution in [0.1, 0.15) is 37.3 Å². The number of rotatable bonds is 1. The van der Waals surface area contributed by atoms with Crippen LogP contribution in [-0.4, -0.2) is 35.2 Å². The van der Waals surface area contributed by atoms with Crippen LogP contribution in [0.3, 0.4) is 0 Å². The predicted molar refractivity (Wildman–Crippen MR) is 82.8 cm³/mol. The summed E-state index contributed by atoms with van der Waals surface area (Å²) in [7, 11) is 2.10. The smallest absolute Gasteiger partial charge is 0.0904 e. The van der Waals surface area contributed by atoms with Gasteiger partial charge in [0.25, 0.3) is 0 Å². The molecule has 21 heavy (non-hydrogen) atoms. The minimum Gasteiger partial charge on any atom is -0.388 e. The first kappa shape index (κ1) is 14.6. The van der Waals surface area contributed by atoms with Gasteiger partial charge in [-0.1, -0.05) is 24.3 Å². The van der Waals surface area contributed by atoms with Crippen LogP contribution < -0.4 is 0 Å². The molecule has 1 aliphatic heterocycles. The zero-order valence-corrected chi connectivity index (χ0v) is 13.0. The number of hydrogen-bond donors (Lipinski definition) is 1. The van der Waals surface area contributed by atoms with Gasteiger partial charge in [-0.15, -0.1) is 0 Å². The van der Waals surface area contributed by atoms with Crippen molar-refractivity contribution in [1.29, 1.82) is 5.26 Å². The third kappa shape index (κ3) is 2.27. The van der Waals surface area contributed by atoms with E-state index < -0.39 is 11.0 Å². The Morgan fingerprint density at radius 2 is 2.00 bits per heavy atom. The van der Waals surface area contributed by atoms with E-state index in [-0.39, 0.29) is 0 Å². The van der Waals surface area contributed by atoms with Gasteiger partial charge in [0.2, 0.25) is 0 Å². The lowest BCUT2D eigenvalue weighted by molar-refractivity contribution is -0.112. The van der Waals surface area contributed by atoms with Crippen molar-refractivity contribution in [3.63, 3.8) is 0 Å². The highest BCUT2D eigenvalue weighted by Gasteiger charge is 2.54. The minimum absolute atomic E-state index is 0.325. The van der Waals surface area contributed by atoms with Gasteiger partial charge >= 0.3 is 0 Å². The number of fused-ring (bicyclic) bond motifs is 1. The number of likely N-dealkylation sites (tertiary alicyclic amines) is 1. The van der Waals surface area contributed by atoms with E-state index in [0.29, 0.717) is 25.3 Å². The molecule has 1 aromatic carbocycles. The van der Waals surface area contributed by atoms with Crippen molar-refractivity contribution in [2.45, 2.75) is 50.7 Å². The third-order valence-electron chi connectivity index (χ3n) is 5.80. The van der Waals surface area contributed by atoms with E-state index in [1.807, 2.05) is 6.07 Å². The monoisotopic (exact) mass is 284 g/mol. The Morgan fingerprint density at radius 3 is 2.67 bits per heavy atom. The second-order valence-electron chi connectivity index (χ2n) is 6.95. The highest BCUT2D eigenvalue weighted by Crippen LogP contribution is 2.48. The van der Waals surface area contributed by atoms with Crippen LogP contribution in [0.4, 0.5) is 0 Å². The summed E-state index contributed by atoms with van der Waals surface area (Å²) >= 11 is 0. The van der Waals surface area contributed by atoms with Crippen LogP contribution in [-0.2, 0) is 12.8 Å². The molecular weight excluding hydrogens is 260 g/mol. The summed E-state index contributed by atoms with van der Waals surface area (Å²) in [5, 5.41) is 21.2. The Kier molecular flexibility index (Phi) is 3.55. The van der Waals surface area contributed by atoms with Gasteiger partial charge in [-0.25, -0.2) is 0 Å². The largest absolute Gasteiger partial charge is 0.388 e. The quantitative estimate of drug-likeness (QED) is 0.862. The molecule has 1 heterocycles. The number of hydrogen-bond acceptors (Lipinski definition) is 3. The lowest BCUT2D eigenvalue weighted by Crippen LogP contribution is -2.58. The van der Waals surface area contributed by atoms with Gasteiger partial charge in [0, 0.05) is 12.6 Å². The average Bonchev–Trinajstić information content (AvgIpc) is 2.50. The Balaban J connectivity index is 1.94. The van der Waals surface area contributed by atoms with E-state index >= 15 is 0 Å². The molecule has 1 saturated heterocycles. The molecule has 3 unspecified atom stereocenters. The molecule has 0 bridgehead atoms. The third-order valence-corrected chi connectivity index (χ3v) is 5.80. The lowest BCUT2D eigenvalue weighted by atomic mass is 9.59. The fourth-order valence-electron chi connectivity index (χ4n) is 4.10. The first-order valence-corrected chi connectivity index (χ1v) is 7.90. The van der Waals surface area contributed by atoms with E-state index in [2.05, 4.69) is 43.1 Å². The SMILES string of the molecule is CC1CC(O)(C2(C#N)CCc3ccccc3C2)CCN1C. The number of nitrogens with zero attached hydrogens (tertiary/aromatic N) is 2. The second kappa shape index (κ2) is 5.12. The molecule has 0 spiro atoms. The van der Waals surface area contributed by atoms with Crippen LogP contribution in [0, 0.1) is 16.7 Å². The van der Waals surface area contributed by atoms with Crippen molar-refractivity contribution in [3.05, 3.63) is 35.4 Å². The fraction of sp³-hybridized carbons (Fsp3) is 0.611. The summed E-state index contributed by atoms with van der Waals surface area (Å²) in [6.45, 7) is 3.01. The molecule has 3 atom stereocenters. The van der Waals surface area contributed by atoms with Gasteiger partial charge in [-0.3, -0.25) is 0 Å². The fourth-order valence-corrected chi connectivity index (χ4v) is 4.10. The van der Waals surface area contributed by atoms with Gasteiger partial charge in [0.05, 0.1) is 17.1 Å². The van der Waals surface area contributed by atoms with E-state index in [4.69, 9.17) is 0 Å². The van der Waals surface area contributed by atoms with Crippen molar-refractivity contribution in [2.24, 2.45) is 5.41 Å². The molecule has 1 N–H and O–H groups in total. The van der Waals surface area contributed by atoms with Crippen LogP contribution in [0.2, 0.25) is 0 Å². The standard InChI is InChI=1S/C18H24N2O/c1-14-11-18(21,9-10-20(14)2)17(13-19)8-7-15-5-3-4-6-16(15)12-17/h3-6,14,21H,7-12H2,1-2H3. The maximum Gasteiger partial charge on any atom is 0.0904 e. The molecule has 0 radical (unpaired) electrons. The van der Waals surface area contributed by atoms with Crippen LogP contribution in [0.25, 0.3) is 0 Å². The molecule has 0 amide bonds. The molecule has 2 aliphatic rings. The second-order valence-corrected chi connectivity index (χ2v) is 6.95. The van der Waals surface area contributed by atoms with Gasteiger partial charge in [-0.05, 0) is 57.2 Å². The molecule has 3 nitrogen and oxygen atoms in total. The lowest BCUT2D eigenvalue weighted by Gasteiger charge is -2.51. The molecule has 0 saturated carbocycles. The topological polar surface area (TPSA) is 47.3 Å². The van der Waals surface area contributed by atoms with Crippen LogP contribution >= 0.6 is 0 Å².